The molecule has 0 saturated carbocycles. The minimum Gasteiger partial charge on any atom is -0.481 e. The number of carbonyl (C=O) groups is 1. The van der Waals surface area contributed by atoms with Crippen LogP contribution in [0, 0.1) is 0 Å². The maximum atomic E-state index is 10.5. The van der Waals surface area contributed by atoms with Crippen molar-refractivity contribution in [2.24, 2.45) is 0 Å². The lowest BCUT2D eigenvalue weighted by molar-refractivity contribution is -0.137. The molecule has 4 heteroatoms. The number of aliphatic hydroxyl groups excluding tert-OH is 1. The molecule has 0 aromatic heterocycles. The van der Waals surface area contributed by atoms with Crippen molar-refractivity contribution >= 4 is 5.97 Å². The first-order valence-corrected chi connectivity index (χ1v) is 11.7. The van der Waals surface area contributed by atoms with E-state index in [9.17, 15) is 9.90 Å². The average molecular weight is 407 g/mol. The highest BCUT2D eigenvalue weighted by atomic mass is 16.5. The highest BCUT2D eigenvalue weighted by molar-refractivity contribution is 5.66. The summed E-state index contributed by atoms with van der Waals surface area (Å²) in [5.41, 5.74) is 1.20. The van der Waals surface area contributed by atoms with Gasteiger partial charge in [0.25, 0.3) is 0 Å². The lowest BCUT2D eigenvalue weighted by Gasteiger charge is -2.20. The molecule has 0 aliphatic carbocycles. The molecule has 166 valence electrons. The second kappa shape index (κ2) is 17.5. The number of aliphatic carboxylic acids is 1. The summed E-state index contributed by atoms with van der Waals surface area (Å²) in [5.74, 6) is -0.684. The van der Waals surface area contributed by atoms with Crippen LogP contribution in [0.25, 0.3) is 0 Å². The molecule has 1 aromatic carbocycles. The first kappa shape index (κ1) is 25.6. The van der Waals surface area contributed by atoms with Crippen LogP contribution in [0.5, 0.6) is 0 Å². The molecule has 0 fully saturated rings. The molecule has 2 N–H and O–H groups in total. The van der Waals surface area contributed by atoms with Crippen molar-refractivity contribution in [2.75, 3.05) is 0 Å². The highest BCUT2D eigenvalue weighted by Crippen LogP contribution is 2.18. The summed E-state index contributed by atoms with van der Waals surface area (Å²) < 4.78 is 6.19. The van der Waals surface area contributed by atoms with Gasteiger partial charge in [-0.15, -0.1) is 0 Å². The number of ether oxygens (including phenoxy) is 1. The molecule has 2 atom stereocenters. The Hall–Kier alpha value is -1.39. The summed E-state index contributed by atoms with van der Waals surface area (Å²) >= 11 is 0. The van der Waals surface area contributed by atoms with Crippen LogP contribution in [0.1, 0.15) is 102 Å². The largest absolute Gasteiger partial charge is 0.481 e. The van der Waals surface area contributed by atoms with E-state index in [1.807, 2.05) is 18.2 Å². The second-order valence-electron chi connectivity index (χ2n) is 8.20. The van der Waals surface area contributed by atoms with E-state index in [2.05, 4.69) is 19.1 Å². The van der Waals surface area contributed by atoms with Gasteiger partial charge in [-0.25, -0.2) is 0 Å². The maximum absolute atomic E-state index is 10.5. The number of benzene rings is 1. The Labute approximate surface area is 177 Å². The van der Waals surface area contributed by atoms with Crippen molar-refractivity contribution in [2.45, 2.75) is 116 Å². The van der Waals surface area contributed by atoms with E-state index in [-0.39, 0.29) is 12.2 Å². The third-order valence-corrected chi connectivity index (χ3v) is 5.44. The molecule has 0 aliphatic rings. The summed E-state index contributed by atoms with van der Waals surface area (Å²) in [6.45, 7) is 2.75. The van der Waals surface area contributed by atoms with Crippen molar-refractivity contribution in [3.05, 3.63) is 35.9 Å². The molecule has 0 saturated heterocycles. The number of hydrogen-bond acceptors (Lipinski definition) is 3. The van der Waals surface area contributed by atoms with Gasteiger partial charge < -0.3 is 14.9 Å². The number of unbranched alkanes of at least 4 members (excludes halogenated alkanes) is 7. The Morgan fingerprint density at radius 2 is 1.48 bits per heavy atom. The van der Waals surface area contributed by atoms with E-state index in [0.29, 0.717) is 13.0 Å². The minimum absolute atomic E-state index is 0.205. The van der Waals surface area contributed by atoms with Crippen LogP contribution in [-0.2, 0) is 16.1 Å². The summed E-state index contributed by atoms with van der Waals surface area (Å²) in [4.78, 5) is 10.5. The zero-order chi connectivity index (χ0) is 21.2. The van der Waals surface area contributed by atoms with Crippen LogP contribution in [0.2, 0.25) is 0 Å². The maximum Gasteiger partial charge on any atom is 0.303 e. The van der Waals surface area contributed by atoms with E-state index in [0.717, 1.165) is 51.4 Å². The second-order valence-corrected chi connectivity index (χ2v) is 8.20. The molecule has 0 aliphatic heterocycles. The van der Waals surface area contributed by atoms with Gasteiger partial charge in [-0.1, -0.05) is 88.6 Å². The number of carboxylic acid groups (broad SMARTS) is 1. The number of hydrogen-bond donors (Lipinski definition) is 2. The standard InChI is InChI=1S/C25H42O4/c1-2-14-23(26)19-20-24(29-21-22-15-10-9-11-16-22)17-12-7-5-3-4-6-8-13-18-25(27)28/h9-11,15-16,23-24,26H,2-8,12-14,17-21H2,1H3,(H,27,28). The fourth-order valence-electron chi connectivity index (χ4n) is 3.66. The van der Waals surface area contributed by atoms with Crippen molar-refractivity contribution in [1.29, 1.82) is 0 Å². The van der Waals surface area contributed by atoms with Crippen LogP contribution in [0.4, 0.5) is 0 Å². The van der Waals surface area contributed by atoms with Gasteiger partial charge in [-0.3, -0.25) is 4.79 Å². The van der Waals surface area contributed by atoms with Crippen LogP contribution < -0.4 is 0 Å². The first-order chi connectivity index (χ1) is 14.1. The van der Waals surface area contributed by atoms with E-state index in [1.165, 1.54) is 37.7 Å². The first-order valence-electron chi connectivity index (χ1n) is 11.7. The molecule has 4 nitrogen and oxygen atoms in total. The van der Waals surface area contributed by atoms with Gasteiger partial charge >= 0.3 is 5.97 Å². The predicted octanol–water partition coefficient (Wildman–Crippen LogP) is 6.50. The van der Waals surface area contributed by atoms with Gasteiger partial charge in [0.05, 0.1) is 18.8 Å². The summed E-state index contributed by atoms with van der Waals surface area (Å²) in [7, 11) is 0. The quantitative estimate of drug-likeness (QED) is 0.257. The monoisotopic (exact) mass is 406 g/mol. The normalized spacial score (nSPS) is 13.3. The predicted molar refractivity (Wildman–Crippen MR) is 119 cm³/mol. The van der Waals surface area contributed by atoms with Crippen molar-refractivity contribution in [1.82, 2.24) is 0 Å². The molecule has 0 bridgehead atoms. The third-order valence-electron chi connectivity index (χ3n) is 5.44. The summed E-state index contributed by atoms with van der Waals surface area (Å²) in [6, 6.07) is 10.3. The van der Waals surface area contributed by atoms with Crippen LogP contribution in [-0.4, -0.2) is 28.4 Å². The van der Waals surface area contributed by atoms with E-state index >= 15 is 0 Å². The Bertz CT molecular complexity index is 503. The van der Waals surface area contributed by atoms with E-state index in [4.69, 9.17) is 9.84 Å². The Morgan fingerprint density at radius 1 is 0.862 bits per heavy atom. The number of carboxylic acids is 1. The zero-order valence-electron chi connectivity index (χ0n) is 18.4. The molecule has 0 radical (unpaired) electrons. The molecule has 0 heterocycles. The van der Waals surface area contributed by atoms with E-state index in [1.54, 1.807) is 0 Å². The highest BCUT2D eigenvalue weighted by Gasteiger charge is 2.12. The molecule has 0 spiro atoms. The van der Waals surface area contributed by atoms with Crippen molar-refractivity contribution in [3.63, 3.8) is 0 Å². The van der Waals surface area contributed by atoms with Crippen LogP contribution >= 0.6 is 0 Å². The number of rotatable bonds is 19. The summed E-state index contributed by atoms with van der Waals surface area (Å²) in [6.07, 6.45) is 14.1. The average Bonchev–Trinajstić information content (AvgIpc) is 2.71. The summed E-state index contributed by atoms with van der Waals surface area (Å²) in [5, 5.41) is 18.7. The van der Waals surface area contributed by atoms with Gasteiger partial charge in [0.1, 0.15) is 0 Å². The zero-order valence-corrected chi connectivity index (χ0v) is 18.4. The minimum atomic E-state index is -0.684. The molecule has 1 aromatic rings. The molecule has 0 amide bonds. The van der Waals surface area contributed by atoms with Gasteiger partial charge in [-0.2, -0.15) is 0 Å². The lowest BCUT2D eigenvalue weighted by Crippen LogP contribution is -2.17. The lowest BCUT2D eigenvalue weighted by atomic mass is 10.0. The Morgan fingerprint density at radius 3 is 2.10 bits per heavy atom. The van der Waals surface area contributed by atoms with E-state index < -0.39 is 5.97 Å². The number of aliphatic hydroxyl groups is 1. The van der Waals surface area contributed by atoms with Gasteiger partial charge in [-0.05, 0) is 37.7 Å². The molecule has 1 rings (SSSR count). The molecule has 2 unspecified atom stereocenters. The molecular formula is C25H42O4. The van der Waals surface area contributed by atoms with Crippen molar-refractivity contribution < 1.29 is 19.7 Å². The SMILES string of the molecule is CCCC(O)CCC(CCCCCCCCCCC(=O)O)OCc1ccccc1. The van der Waals surface area contributed by atoms with Gasteiger partial charge in [0.2, 0.25) is 0 Å². The fourth-order valence-corrected chi connectivity index (χ4v) is 3.66. The smallest absolute Gasteiger partial charge is 0.303 e. The molecule has 29 heavy (non-hydrogen) atoms. The van der Waals surface area contributed by atoms with Gasteiger partial charge in [0.15, 0.2) is 0 Å². The molecular weight excluding hydrogens is 364 g/mol. The van der Waals surface area contributed by atoms with Gasteiger partial charge in [0, 0.05) is 6.42 Å². The van der Waals surface area contributed by atoms with Crippen LogP contribution in [0.3, 0.4) is 0 Å². The fraction of sp³-hybridized carbons (Fsp3) is 0.720. The third kappa shape index (κ3) is 15.2. The van der Waals surface area contributed by atoms with Crippen molar-refractivity contribution in [3.8, 4) is 0 Å². The Kier molecular flexibility index (Phi) is 15.4. The topological polar surface area (TPSA) is 66.8 Å². The van der Waals surface area contributed by atoms with Crippen LogP contribution in [0.15, 0.2) is 30.3 Å². The Balaban J connectivity index is 2.18.